The number of amides is 3. The second kappa shape index (κ2) is 10.1. The molecule has 0 aliphatic carbocycles. The van der Waals surface area contributed by atoms with Crippen molar-refractivity contribution in [1.29, 1.82) is 0 Å². The number of hydrogen-bond acceptors (Lipinski definition) is 4. The molecule has 1 aromatic heterocycles. The Kier molecular flexibility index (Phi) is 6.83. The van der Waals surface area contributed by atoms with Crippen LogP contribution in [-0.2, 0) is 11.3 Å². The molecule has 0 radical (unpaired) electrons. The molecule has 4 rings (SSSR count). The minimum Gasteiger partial charge on any atom is -0.459 e. The Morgan fingerprint density at radius 1 is 1.00 bits per heavy atom. The molecule has 3 amide bonds. The SMILES string of the molecule is O=C(Nc1cccc(CNC(=O)C2CCN(C(=O)c3ccc(F)cc3)CC2)c1)c1ccco1. The maximum absolute atomic E-state index is 13.1. The van der Waals surface area contributed by atoms with Crippen LogP contribution in [0.3, 0.4) is 0 Å². The van der Waals surface area contributed by atoms with Crippen molar-refractivity contribution < 1.29 is 23.2 Å². The summed E-state index contributed by atoms with van der Waals surface area (Å²) < 4.78 is 18.2. The average Bonchev–Trinajstić information content (AvgIpc) is 3.38. The first-order valence-corrected chi connectivity index (χ1v) is 10.8. The van der Waals surface area contributed by atoms with E-state index in [4.69, 9.17) is 4.42 Å². The van der Waals surface area contributed by atoms with Crippen LogP contribution >= 0.6 is 0 Å². The van der Waals surface area contributed by atoms with E-state index in [1.54, 1.807) is 35.2 Å². The molecule has 0 spiro atoms. The minimum absolute atomic E-state index is 0.0612. The fourth-order valence-corrected chi connectivity index (χ4v) is 3.81. The van der Waals surface area contributed by atoms with Crippen LogP contribution in [0.5, 0.6) is 0 Å². The normalized spacial score (nSPS) is 14.0. The summed E-state index contributed by atoms with van der Waals surface area (Å²) in [5.41, 5.74) is 1.90. The van der Waals surface area contributed by atoms with E-state index in [-0.39, 0.29) is 35.2 Å². The molecule has 1 aliphatic rings. The van der Waals surface area contributed by atoms with Crippen LogP contribution in [0, 0.1) is 11.7 Å². The highest BCUT2D eigenvalue weighted by atomic mass is 19.1. The largest absolute Gasteiger partial charge is 0.459 e. The maximum Gasteiger partial charge on any atom is 0.291 e. The molecular formula is C25H24FN3O4. The maximum atomic E-state index is 13.1. The zero-order valence-electron chi connectivity index (χ0n) is 17.9. The smallest absolute Gasteiger partial charge is 0.291 e. The molecule has 0 bridgehead atoms. The highest BCUT2D eigenvalue weighted by Gasteiger charge is 2.27. The van der Waals surface area contributed by atoms with E-state index in [0.29, 0.717) is 43.7 Å². The molecule has 170 valence electrons. The van der Waals surface area contributed by atoms with Crippen molar-refractivity contribution in [3.05, 3.63) is 89.6 Å². The van der Waals surface area contributed by atoms with E-state index < -0.39 is 0 Å². The van der Waals surface area contributed by atoms with Crippen molar-refractivity contribution in [3.8, 4) is 0 Å². The molecule has 7 nitrogen and oxygen atoms in total. The Morgan fingerprint density at radius 2 is 1.76 bits per heavy atom. The van der Waals surface area contributed by atoms with E-state index in [1.165, 1.54) is 30.5 Å². The first-order valence-electron chi connectivity index (χ1n) is 10.8. The van der Waals surface area contributed by atoms with Crippen LogP contribution in [-0.4, -0.2) is 35.7 Å². The number of benzene rings is 2. The fraction of sp³-hybridized carbons (Fsp3) is 0.240. The van der Waals surface area contributed by atoms with Gasteiger partial charge in [0.25, 0.3) is 11.8 Å². The van der Waals surface area contributed by atoms with Crippen molar-refractivity contribution in [2.75, 3.05) is 18.4 Å². The second-order valence-corrected chi connectivity index (χ2v) is 7.92. The molecule has 2 aromatic carbocycles. The first kappa shape index (κ1) is 22.3. The third-order valence-electron chi connectivity index (χ3n) is 5.64. The van der Waals surface area contributed by atoms with Gasteiger partial charge in [-0.2, -0.15) is 0 Å². The Balaban J connectivity index is 1.25. The van der Waals surface area contributed by atoms with Gasteiger partial charge in [0.2, 0.25) is 5.91 Å². The predicted molar refractivity (Wildman–Crippen MR) is 120 cm³/mol. The lowest BCUT2D eigenvalue weighted by Crippen LogP contribution is -2.42. The van der Waals surface area contributed by atoms with Gasteiger partial charge < -0.3 is 20.0 Å². The highest BCUT2D eigenvalue weighted by molar-refractivity contribution is 6.02. The van der Waals surface area contributed by atoms with Gasteiger partial charge in [-0.1, -0.05) is 12.1 Å². The summed E-state index contributed by atoms with van der Waals surface area (Å²) in [4.78, 5) is 39.0. The van der Waals surface area contributed by atoms with Crippen LogP contribution in [0.15, 0.2) is 71.3 Å². The molecule has 1 saturated heterocycles. The van der Waals surface area contributed by atoms with Gasteiger partial charge in [-0.3, -0.25) is 14.4 Å². The number of rotatable bonds is 6. The Bertz CT molecular complexity index is 1120. The van der Waals surface area contributed by atoms with Gasteiger partial charge in [-0.05, 0) is 66.9 Å². The molecule has 3 aromatic rings. The Hall–Kier alpha value is -3.94. The van der Waals surface area contributed by atoms with E-state index in [9.17, 15) is 18.8 Å². The number of likely N-dealkylation sites (tertiary alicyclic amines) is 1. The third-order valence-corrected chi connectivity index (χ3v) is 5.64. The standard InChI is InChI=1S/C25H24FN3O4/c26-20-8-6-19(7-9-20)25(32)29-12-10-18(11-13-29)23(30)27-16-17-3-1-4-21(15-17)28-24(31)22-5-2-14-33-22/h1-9,14-15,18H,10-13,16H2,(H,27,30)(H,28,31). The summed E-state index contributed by atoms with van der Waals surface area (Å²) in [6.45, 7) is 1.28. The zero-order valence-corrected chi connectivity index (χ0v) is 17.9. The van der Waals surface area contributed by atoms with Crippen molar-refractivity contribution in [2.24, 2.45) is 5.92 Å². The molecule has 0 saturated carbocycles. The number of carbonyl (C=O) groups is 3. The van der Waals surface area contributed by atoms with Crippen LogP contribution < -0.4 is 10.6 Å². The molecule has 8 heteroatoms. The van der Waals surface area contributed by atoms with E-state index in [2.05, 4.69) is 10.6 Å². The molecule has 2 heterocycles. The topological polar surface area (TPSA) is 91.7 Å². The molecular weight excluding hydrogens is 425 g/mol. The van der Waals surface area contributed by atoms with Crippen molar-refractivity contribution in [1.82, 2.24) is 10.2 Å². The van der Waals surface area contributed by atoms with Gasteiger partial charge in [-0.15, -0.1) is 0 Å². The Labute approximate surface area is 190 Å². The molecule has 0 atom stereocenters. The Morgan fingerprint density at radius 3 is 2.45 bits per heavy atom. The van der Waals surface area contributed by atoms with Crippen molar-refractivity contribution >= 4 is 23.4 Å². The monoisotopic (exact) mass is 449 g/mol. The number of piperidine rings is 1. The summed E-state index contributed by atoms with van der Waals surface area (Å²) in [6.07, 6.45) is 2.57. The molecule has 2 N–H and O–H groups in total. The number of furan rings is 1. The van der Waals surface area contributed by atoms with E-state index in [1.807, 2.05) is 6.07 Å². The second-order valence-electron chi connectivity index (χ2n) is 7.92. The number of nitrogens with one attached hydrogen (secondary N) is 2. The van der Waals surface area contributed by atoms with Gasteiger partial charge >= 0.3 is 0 Å². The van der Waals surface area contributed by atoms with Crippen molar-refractivity contribution in [2.45, 2.75) is 19.4 Å². The van der Waals surface area contributed by atoms with E-state index >= 15 is 0 Å². The lowest BCUT2D eigenvalue weighted by molar-refractivity contribution is -0.126. The van der Waals surface area contributed by atoms with Gasteiger partial charge in [0, 0.05) is 36.8 Å². The summed E-state index contributed by atoms with van der Waals surface area (Å²) in [7, 11) is 0. The number of nitrogens with zero attached hydrogens (tertiary/aromatic N) is 1. The summed E-state index contributed by atoms with van der Waals surface area (Å²) >= 11 is 0. The number of hydrogen-bond donors (Lipinski definition) is 2. The van der Waals surface area contributed by atoms with Crippen molar-refractivity contribution in [3.63, 3.8) is 0 Å². The van der Waals surface area contributed by atoms with E-state index in [0.717, 1.165) is 5.56 Å². The number of halogens is 1. The quantitative estimate of drug-likeness (QED) is 0.598. The van der Waals surface area contributed by atoms with Gasteiger partial charge in [-0.25, -0.2) is 4.39 Å². The average molecular weight is 449 g/mol. The molecule has 33 heavy (non-hydrogen) atoms. The van der Waals surface area contributed by atoms with Crippen LogP contribution in [0.1, 0.15) is 39.3 Å². The summed E-state index contributed by atoms with van der Waals surface area (Å²) in [6, 6.07) is 15.9. The van der Waals surface area contributed by atoms with Crippen LogP contribution in [0.4, 0.5) is 10.1 Å². The molecule has 1 fully saturated rings. The lowest BCUT2D eigenvalue weighted by atomic mass is 9.95. The van der Waals surface area contributed by atoms with Gasteiger partial charge in [0.05, 0.1) is 6.26 Å². The molecule has 0 unspecified atom stereocenters. The minimum atomic E-state index is -0.382. The van der Waals surface area contributed by atoms with Gasteiger partial charge in [0.1, 0.15) is 5.82 Å². The lowest BCUT2D eigenvalue weighted by Gasteiger charge is -2.31. The first-order chi connectivity index (χ1) is 16.0. The van der Waals surface area contributed by atoms with Crippen LogP contribution in [0.25, 0.3) is 0 Å². The van der Waals surface area contributed by atoms with Gasteiger partial charge in [0.15, 0.2) is 5.76 Å². The zero-order chi connectivity index (χ0) is 23.2. The number of carbonyl (C=O) groups excluding carboxylic acids is 3. The highest BCUT2D eigenvalue weighted by Crippen LogP contribution is 2.20. The third kappa shape index (κ3) is 5.65. The summed E-state index contributed by atoms with van der Waals surface area (Å²) in [5.74, 6) is -0.895. The fourth-order valence-electron chi connectivity index (χ4n) is 3.81. The predicted octanol–water partition coefficient (Wildman–Crippen LogP) is 3.84. The summed E-state index contributed by atoms with van der Waals surface area (Å²) in [5, 5.41) is 5.71. The van der Waals surface area contributed by atoms with Crippen LogP contribution in [0.2, 0.25) is 0 Å². The molecule has 1 aliphatic heterocycles. The number of anilines is 1.